The Bertz CT molecular complexity index is 405. The molecule has 1 aliphatic rings. The van der Waals surface area contributed by atoms with Crippen molar-refractivity contribution in [3.63, 3.8) is 0 Å². The van der Waals surface area contributed by atoms with Gasteiger partial charge in [-0.15, -0.1) is 0 Å². The van der Waals surface area contributed by atoms with Crippen LogP contribution in [0, 0.1) is 6.92 Å². The molecule has 76 valence electrons. The maximum atomic E-state index is 11.5. The van der Waals surface area contributed by atoms with E-state index in [4.69, 9.17) is 0 Å². The second-order valence-corrected chi connectivity index (χ2v) is 4.42. The highest BCUT2D eigenvalue weighted by Crippen LogP contribution is 2.06. The van der Waals surface area contributed by atoms with Crippen molar-refractivity contribution in [2.45, 2.75) is 19.9 Å². The average molecular weight is 213 g/mol. The summed E-state index contributed by atoms with van der Waals surface area (Å²) in [6.45, 7) is 3.48. The Hall–Kier alpha value is -1.17. The highest BCUT2D eigenvalue weighted by atomic mass is 32.1. The van der Waals surface area contributed by atoms with E-state index in [1.165, 1.54) is 4.68 Å². The van der Waals surface area contributed by atoms with Crippen LogP contribution in [0.4, 0.5) is 0 Å². The van der Waals surface area contributed by atoms with Crippen molar-refractivity contribution in [2.24, 2.45) is 0 Å². The van der Waals surface area contributed by atoms with Crippen molar-refractivity contribution in [3.8, 4) is 0 Å². The molecule has 1 fully saturated rings. The number of aryl methyl sites for hydroxylation is 1. The predicted molar refractivity (Wildman–Crippen MR) is 52.3 cm³/mol. The van der Waals surface area contributed by atoms with E-state index in [2.05, 4.69) is 5.10 Å². The first-order valence-corrected chi connectivity index (χ1v) is 5.31. The summed E-state index contributed by atoms with van der Waals surface area (Å²) in [6, 6.07) is 0. The molecule has 0 atom stereocenters. The summed E-state index contributed by atoms with van der Waals surface area (Å²) >= 11 is 1.07. The molecule has 6 heteroatoms. The average Bonchev–Trinajstić information content (AvgIpc) is 2.26. The topological polar surface area (TPSA) is 55.2 Å². The van der Waals surface area contributed by atoms with E-state index in [1.807, 2.05) is 0 Å². The third-order valence-electron chi connectivity index (χ3n) is 2.20. The summed E-state index contributed by atoms with van der Waals surface area (Å²) in [6.07, 6.45) is 1.07. The molecule has 1 saturated heterocycles. The van der Waals surface area contributed by atoms with E-state index in [0.29, 0.717) is 5.01 Å². The Morgan fingerprint density at radius 3 is 2.71 bits per heavy atom. The molecule has 14 heavy (non-hydrogen) atoms. The molecule has 1 aromatic heterocycles. The van der Waals surface area contributed by atoms with Crippen molar-refractivity contribution in [1.82, 2.24) is 14.7 Å². The van der Waals surface area contributed by atoms with Gasteiger partial charge >= 0.3 is 4.87 Å². The van der Waals surface area contributed by atoms with Crippen LogP contribution in [-0.2, 0) is 11.3 Å². The van der Waals surface area contributed by atoms with Crippen LogP contribution in [-0.4, -0.2) is 33.7 Å². The van der Waals surface area contributed by atoms with Gasteiger partial charge in [0, 0.05) is 13.1 Å². The van der Waals surface area contributed by atoms with Gasteiger partial charge in [-0.25, -0.2) is 4.68 Å². The molecule has 0 spiro atoms. The minimum absolute atomic E-state index is 0.0105. The Kier molecular flexibility index (Phi) is 2.37. The Morgan fingerprint density at radius 2 is 2.29 bits per heavy atom. The van der Waals surface area contributed by atoms with E-state index in [-0.39, 0.29) is 17.3 Å². The van der Waals surface area contributed by atoms with E-state index < -0.39 is 0 Å². The predicted octanol–water partition coefficient (Wildman–Crippen LogP) is -0.154. The number of carbonyl (C=O) groups is 1. The normalized spacial score (nSPS) is 15.4. The van der Waals surface area contributed by atoms with Crippen LogP contribution in [0.1, 0.15) is 11.4 Å². The zero-order valence-corrected chi connectivity index (χ0v) is 8.71. The Morgan fingerprint density at radius 1 is 1.57 bits per heavy atom. The lowest BCUT2D eigenvalue weighted by Crippen LogP contribution is -2.44. The van der Waals surface area contributed by atoms with Crippen molar-refractivity contribution in [3.05, 3.63) is 14.7 Å². The third kappa shape index (κ3) is 1.70. The second-order valence-electron chi connectivity index (χ2n) is 3.28. The van der Waals surface area contributed by atoms with Crippen molar-refractivity contribution < 1.29 is 4.79 Å². The number of rotatable bonds is 2. The van der Waals surface area contributed by atoms with Crippen LogP contribution in [0.15, 0.2) is 4.79 Å². The number of hydrogen-bond acceptors (Lipinski definition) is 4. The number of likely N-dealkylation sites (tertiary alicyclic amines) is 1. The fraction of sp³-hybridized carbons (Fsp3) is 0.625. The van der Waals surface area contributed by atoms with Gasteiger partial charge in [0.1, 0.15) is 11.6 Å². The van der Waals surface area contributed by atoms with Gasteiger partial charge in [0.05, 0.1) is 0 Å². The SMILES string of the molecule is Cc1nn(CC(=O)N2CCC2)c(=O)s1. The monoisotopic (exact) mass is 213 g/mol. The minimum atomic E-state index is -0.156. The maximum absolute atomic E-state index is 11.5. The fourth-order valence-electron chi connectivity index (χ4n) is 1.30. The lowest BCUT2D eigenvalue weighted by molar-refractivity contribution is -0.135. The largest absolute Gasteiger partial charge is 0.341 e. The molecule has 0 unspecified atom stereocenters. The van der Waals surface area contributed by atoms with Crippen LogP contribution >= 0.6 is 11.3 Å². The van der Waals surface area contributed by atoms with Crippen molar-refractivity contribution in [1.29, 1.82) is 0 Å². The molecule has 2 rings (SSSR count). The van der Waals surface area contributed by atoms with Crippen LogP contribution in [0.5, 0.6) is 0 Å². The second kappa shape index (κ2) is 3.53. The summed E-state index contributed by atoms with van der Waals surface area (Å²) in [7, 11) is 0. The van der Waals surface area contributed by atoms with E-state index in [1.54, 1.807) is 11.8 Å². The van der Waals surface area contributed by atoms with Gasteiger partial charge in [-0.05, 0) is 13.3 Å². The maximum Gasteiger partial charge on any atom is 0.325 e. The number of hydrogen-bond donors (Lipinski definition) is 0. The molecule has 1 amide bonds. The van der Waals surface area contributed by atoms with E-state index in [0.717, 1.165) is 30.8 Å². The number of aromatic nitrogens is 2. The van der Waals surface area contributed by atoms with Crippen molar-refractivity contribution in [2.75, 3.05) is 13.1 Å². The molecule has 0 aliphatic carbocycles. The van der Waals surface area contributed by atoms with Gasteiger partial charge in [-0.2, -0.15) is 5.10 Å². The molecular formula is C8H11N3O2S. The molecule has 0 saturated carbocycles. The smallest absolute Gasteiger partial charge is 0.325 e. The van der Waals surface area contributed by atoms with Crippen LogP contribution < -0.4 is 4.87 Å². The van der Waals surface area contributed by atoms with Crippen molar-refractivity contribution >= 4 is 17.2 Å². The Labute approximate surface area is 85.0 Å². The van der Waals surface area contributed by atoms with Gasteiger partial charge in [-0.1, -0.05) is 11.3 Å². The molecule has 0 radical (unpaired) electrons. The third-order valence-corrected chi connectivity index (χ3v) is 2.96. The highest BCUT2D eigenvalue weighted by Gasteiger charge is 2.21. The summed E-state index contributed by atoms with van der Waals surface area (Å²) in [4.78, 5) is 24.3. The fourth-order valence-corrected chi connectivity index (χ4v) is 1.91. The van der Waals surface area contributed by atoms with E-state index in [9.17, 15) is 9.59 Å². The lowest BCUT2D eigenvalue weighted by Gasteiger charge is -2.30. The minimum Gasteiger partial charge on any atom is -0.341 e. The van der Waals surface area contributed by atoms with Gasteiger partial charge in [0.25, 0.3) is 0 Å². The standard InChI is InChI=1S/C8H11N3O2S/c1-6-9-11(8(13)14-6)5-7(12)10-3-2-4-10/h2-5H2,1H3. The van der Waals surface area contributed by atoms with Gasteiger partial charge in [0.2, 0.25) is 5.91 Å². The molecule has 5 nitrogen and oxygen atoms in total. The first-order chi connectivity index (χ1) is 6.66. The number of carbonyl (C=O) groups excluding carboxylic acids is 1. The zero-order chi connectivity index (χ0) is 10.1. The van der Waals surface area contributed by atoms with Gasteiger partial charge in [0.15, 0.2) is 0 Å². The zero-order valence-electron chi connectivity index (χ0n) is 7.89. The lowest BCUT2D eigenvalue weighted by atomic mass is 10.2. The quantitative estimate of drug-likeness (QED) is 0.686. The molecule has 1 aliphatic heterocycles. The highest BCUT2D eigenvalue weighted by molar-refractivity contribution is 7.08. The molecule has 0 bridgehead atoms. The molecule has 0 N–H and O–H groups in total. The Balaban J connectivity index is 2.06. The number of nitrogens with zero attached hydrogens (tertiary/aromatic N) is 3. The molecular weight excluding hydrogens is 202 g/mol. The molecule has 2 heterocycles. The van der Waals surface area contributed by atoms with Gasteiger partial charge in [-0.3, -0.25) is 9.59 Å². The molecule has 1 aromatic rings. The van der Waals surface area contributed by atoms with Gasteiger partial charge < -0.3 is 4.90 Å². The van der Waals surface area contributed by atoms with Crippen LogP contribution in [0.3, 0.4) is 0 Å². The summed E-state index contributed by atoms with van der Waals surface area (Å²) in [5.41, 5.74) is 0. The first kappa shape index (κ1) is 9.39. The summed E-state index contributed by atoms with van der Waals surface area (Å²) in [5, 5.41) is 4.67. The summed E-state index contributed by atoms with van der Waals surface area (Å²) < 4.78 is 1.24. The summed E-state index contributed by atoms with van der Waals surface area (Å²) in [5.74, 6) is -0.0105. The number of amides is 1. The first-order valence-electron chi connectivity index (χ1n) is 4.49. The van der Waals surface area contributed by atoms with Crippen LogP contribution in [0.25, 0.3) is 0 Å². The molecule has 0 aromatic carbocycles. The van der Waals surface area contributed by atoms with E-state index >= 15 is 0 Å². The van der Waals surface area contributed by atoms with Crippen LogP contribution in [0.2, 0.25) is 0 Å².